The summed E-state index contributed by atoms with van der Waals surface area (Å²) in [4.78, 5) is 1.42. The molecule has 1 unspecified atom stereocenters. The first-order chi connectivity index (χ1) is 6.69. The quantitative estimate of drug-likeness (QED) is 0.719. The summed E-state index contributed by atoms with van der Waals surface area (Å²) in [5.41, 5.74) is 8.24. The van der Waals surface area contributed by atoms with Gasteiger partial charge in [0.25, 0.3) is 0 Å². The molecule has 0 saturated heterocycles. The molecule has 0 aromatic heterocycles. The van der Waals surface area contributed by atoms with Crippen LogP contribution in [0.4, 0.5) is 0 Å². The highest BCUT2D eigenvalue weighted by Crippen LogP contribution is 2.37. The third-order valence-electron chi connectivity index (χ3n) is 2.36. The molecule has 0 spiro atoms. The van der Waals surface area contributed by atoms with Crippen molar-refractivity contribution in [3.63, 3.8) is 0 Å². The number of nitrogens with two attached hydrogens (primary N) is 1. The SMILES string of the molecule is C/C=C(N)\C(=C/CC)C1CC=C(C)S1. The molecular formula is C12H19NS. The molecule has 0 radical (unpaired) electrons. The summed E-state index contributed by atoms with van der Waals surface area (Å²) in [5.74, 6) is 0. The zero-order chi connectivity index (χ0) is 10.6. The van der Waals surface area contributed by atoms with Gasteiger partial charge in [-0.3, -0.25) is 0 Å². The van der Waals surface area contributed by atoms with E-state index in [4.69, 9.17) is 5.73 Å². The molecule has 0 aromatic rings. The molecule has 2 N–H and O–H groups in total. The molecule has 0 aliphatic carbocycles. The summed E-state index contributed by atoms with van der Waals surface area (Å²) in [7, 11) is 0. The summed E-state index contributed by atoms with van der Waals surface area (Å²) >= 11 is 1.93. The standard InChI is InChI=1S/C12H19NS/c1-4-6-10(11(13)5-2)12-8-7-9(3)14-12/h5-7,12H,4,8,13H2,1-3H3/b10-6+,11-5+. The first kappa shape index (κ1) is 11.4. The molecular weight excluding hydrogens is 190 g/mol. The molecule has 0 fully saturated rings. The van der Waals surface area contributed by atoms with Crippen LogP contribution >= 0.6 is 11.8 Å². The molecule has 0 aromatic carbocycles. The molecule has 0 bridgehead atoms. The number of rotatable bonds is 3. The van der Waals surface area contributed by atoms with Gasteiger partial charge in [-0.1, -0.05) is 25.2 Å². The molecule has 78 valence electrons. The summed E-state index contributed by atoms with van der Waals surface area (Å²) in [6.45, 7) is 6.32. The van der Waals surface area contributed by atoms with Crippen molar-refractivity contribution >= 4 is 11.8 Å². The number of allylic oxidation sites excluding steroid dienone is 5. The van der Waals surface area contributed by atoms with Crippen molar-refractivity contribution in [2.45, 2.75) is 38.9 Å². The monoisotopic (exact) mass is 209 g/mol. The van der Waals surface area contributed by atoms with Crippen molar-refractivity contribution in [3.05, 3.63) is 34.4 Å². The number of thioether (sulfide) groups is 1. The third-order valence-corrected chi connectivity index (χ3v) is 3.63. The lowest BCUT2D eigenvalue weighted by Gasteiger charge is -2.14. The highest BCUT2D eigenvalue weighted by Gasteiger charge is 2.20. The highest BCUT2D eigenvalue weighted by atomic mass is 32.2. The maximum Gasteiger partial charge on any atom is 0.0392 e. The van der Waals surface area contributed by atoms with Gasteiger partial charge in [0.15, 0.2) is 0 Å². The van der Waals surface area contributed by atoms with E-state index in [0.717, 1.165) is 18.5 Å². The molecule has 1 heterocycles. The minimum atomic E-state index is 0.547. The molecule has 1 aliphatic heterocycles. The van der Waals surface area contributed by atoms with E-state index in [2.05, 4.69) is 26.0 Å². The fourth-order valence-corrected chi connectivity index (χ4v) is 2.80. The molecule has 1 atom stereocenters. The van der Waals surface area contributed by atoms with E-state index in [9.17, 15) is 0 Å². The van der Waals surface area contributed by atoms with Gasteiger partial charge in [-0.25, -0.2) is 0 Å². The first-order valence-corrected chi connectivity index (χ1v) is 6.02. The Kier molecular flexibility index (Phi) is 4.33. The van der Waals surface area contributed by atoms with Gasteiger partial charge in [-0.15, -0.1) is 11.8 Å². The van der Waals surface area contributed by atoms with Crippen molar-refractivity contribution in [3.8, 4) is 0 Å². The normalized spacial score (nSPS) is 23.9. The Hall–Kier alpha value is -0.630. The van der Waals surface area contributed by atoms with Gasteiger partial charge in [-0.05, 0) is 37.2 Å². The zero-order valence-electron chi connectivity index (χ0n) is 9.21. The van der Waals surface area contributed by atoms with E-state index >= 15 is 0 Å². The summed E-state index contributed by atoms with van der Waals surface area (Å²) in [6, 6.07) is 0. The molecule has 1 nitrogen and oxygen atoms in total. The fourth-order valence-electron chi connectivity index (χ4n) is 1.61. The highest BCUT2D eigenvalue weighted by molar-refractivity contribution is 8.04. The lowest BCUT2D eigenvalue weighted by atomic mass is 10.0. The average Bonchev–Trinajstić information content (AvgIpc) is 2.60. The van der Waals surface area contributed by atoms with Crippen molar-refractivity contribution in [2.24, 2.45) is 5.73 Å². The van der Waals surface area contributed by atoms with Crippen LogP contribution in [-0.2, 0) is 0 Å². The maximum atomic E-state index is 5.98. The van der Waals surface area contributed by atoms with Crippen LogP contribution < -0.4 is 5.73 Å². The van der Waals surface area contributed by atoms with Crippen LogP contribution in [0.2, 0.25) is 0 Å². The van der Waals surface area contributed by atoms with Crippen molar-refractivity contribution in [2.75, 3.05) is 0 Å². The van der Waals surface area contributed by atoms with Gasteiger partial charge in [0, 0.05) is 10.9 Å². The Bertz CT molecular complexity index is 287. The Labute approximate surface area is 91.1 Å². The second kappa shape index (κ2) is 5.30. The van der Waals surface area contributed by atoms with Crippen LogP contribution in [0.25, 0.3) is 0 Å². The third kappa shape index (κ3) is 2.68. The topological polar surface area (TPSA) is 26.0 Å². The van der Waals surface area contributed by atoms with Gasteiger partial charge >= 0.3 is 0 Å². The van der Waals surface area contributed by atoms with Crippen LogP contribution in [0.3, 0.4) is 0 Å². The Balaban J connectivity index is 2.76. The Morgan fingerprint density at radius 3 is 2.86 bits per heavy atom. The van der Waals surface area contributed by atoms with Gasteiger partial charge in [0.2, 0.25) is 0 Å². The zero-order valence-corrected chi connectivity index (χ0v) is 10.0. The Morgan fingerprint density at radius 1 is 1.71 bits per heavy atom. The van der Waals surface area contributed by atoms with E-state index in [1.54, 1.807) is 0 Å². The summed E-state index contributed by atoms with van der Waals surface area (Å²) in [6.07, 6.45) is 8.72. The minimum Gasteiger partial charge on any atom is -0.399 e. The summed E-state index contributed by atoms with van der Waals surface area (Å²) in [5, 5.41) is 0.547. The predicted molar refractivity (Wildman–Crippen MR) is 66.1 cm³/mol. The van der Waals surface area contributed by atoms with Gasteiger partial charge in [-0.2, -0.15) is 0 Å². The van der Waals surface area contributed by atoms with Crippen LogP contribution in [-0.4, -0.2) is 5.25 Å². The van der Waals surface area contributed by atoms with Crippen LogP contribution in [0, 0.1) is 0 Å². The van der Waals surface area contributed by atoms with E-state index in [1.807, 2.05) is 24.8 Å². The van der Waals surface area contributed by atoms with Gasteiger partial charge in [0.05, 0.1) is 0 Å². The van der Waals surface area contributed by atoms with E-state index in [0.29, 0.717) is 5.25 Å². The smallest absolute Gasteiger partial charge is 0.0392 e. The lowest BCUT2D eigenvalue weighted by molar-refractivity contribution is 0.993. The Morgan fingerprint density at radius 2 is 2.43 bits per heavy atom. The summed E-state index contributed by atoms with van der Waals surface area (Å²) < 4.78 is 0. The second-order valence-electron chi connectivity index (χ2n) is 3.47. The molecule has 14 heavy (non-hydrogen) atoms. The van der Waals surface area contributed by atoms with E-state index in [1.165, 1.54) is 10.5 Å². The lowest BCUT2D eigenvalue weighted by Crippen LogP contribution is -2.11. The van der Waals surface area contributed by atoms with Crippen LogP contribution in [0.1, 0.15) is 33.6 Å². The maximum absolute atomic E-state index is 5.98. The number of hydrogen-bond donors (Lipinski definition) is 1. The predicted octanol–water partition coefficient (Wildman–Crippen LogP) is 3.59. The molecule has 0 saturated carbocycles. The van der Waals surface area contributed by atoms with Gasteiger partial charge < -0.3 is 5.73 Å². The molecule has 2 heteroatoms. The molecule has 1 aliphatic rings. The fraction of sp³-hybridized carbons (Fsp3) is 0.500. The number of hydrogen-bond acceptors (Lipinski definition) is 2. The van der Waals surface area contributed by atoms with E-state index in [-0.39, 0.29) is 0 Å². The van der Waals surface area contributed by atoms with Crippen molar-refractivity contribution < 1.29 is 0 Å². The first-order valence-electron chi connectivity index (χ1n) is 5.14. The largest absolute Gasteiger partial charge is 0.399 e. The van der Waals surface area contributed by atoms with Crippen LogP contribution in [0.15, 0.2) is 34.4 Å². The van der Waals surface area contributed by atoms with E-state index < -0.39 is 0 Å². The molecule has 1 rings (SSSR count). The second-order valence-corrected chi connectivity index (χ2v) is 4.92. The molecule has 0 amide bonds. The van der Waals surface area contributed by atoms with Crippen LogP contribution in [0.5, 0.6) is 0 Å². The van der Waals surface area contributed by atoms with Crippen molar-refractivity contribution in [1.29, 1.82) is 0 Å². The average molecular weight is 209 g/mol. The van der Waals surface area contributed by atoms with Crippen molar-refractivity contribution in [1.82, 2.24) is 0 Å². The minimum absolute atomic E-state index is 0.547. The van der Waals surface area contributed by atoms with Gasteiger partial charge in [0.1, 0.15) is 0 Å².